The second-order valence-corrected chi connectivity index (χ2v) is 4.29. The van der Waals surface area contributed by atoms with Crippen LogP contribution in [-0.4, -0.2) is 17.3 Å². The van der Waals surface area contributed by atoms with Crippen molar-refractivity contribution in [2.75, 3.05) is 6.26 Å². The van der Waals surface area contributed by atoms with Gasteiger partial charge in [0.1, 0.15) is 0 Å². The number of allylic oxidation sites excluding steroid dienone is 1. The summed E-state index contributed by atoms with van der Waals surface area (Å²) in [5.41, 5.74) is 2.21. The Morgan fingerprint density at radius 2 is 2.00 bits per heavy atom. The summed E-state index contributed by atoms with van der Waals surface area (Å²) in [5, 5.41) is 8.64. The van der Waals surface area contributed by atoms with E-state index in [0.29, 0.717) is 0 Å². The van der Waals surface area contributed by atoms with E-state index >= 15 is 0 Å². The largest absolute Gasteiger partial charge is 0.481 e. The van der Waals surface area contributed by atoms with Gasteiger partial charge in [0.05, 0.1) is 6.42 Å². The van der Waals surface area contributed by atoms with Gasteiger partial charge in [0.15, 0.2) is 0 Å². The highest BCUT2D eigenvalue weighted by Gasteiger charge is 2.01. The Balaban J connectivity index is 2.86. The predicted octanol–water partition coefficient (Wildman–Crippen LogP) is 3.68. The molecule has 16 heavy (non-hydrogen) atoms. The van der Waals surface area contributed by atoms with Crippen LogP contribution in [0, 0.1) is 0 Å². The Morgan fingerprint density at radius 3 is 2.44 bits per heavy atom. The molecule has 1 aromatic rings. The van der Waals surface area contributed by atoms with Gasteiger partial charge in [0.2, 0.25) is 0 Å². The number of carbonyl (C=O) groups is 1. The summed E-state index contributed by atoms with van der Waals surface area (Å²) in [4.78, 5) is 11.7. The summed E-state index contributed by atoms with van der Waals surface area (Å²) in [5.74, 6) is -0.785. The number of carboxylic acid groups (broad SMARTS) is 1. The molecule has 0 amide bonds. The highest BCUT2D eigenvalue weighted by molar-refractivity contribution is 7.98. The zero-order valence-electron chi connectivity index (χ0n) is 9.56. The first-order valence-electron chi connectivity index (χ1n) is 5.22. The topological polar surface area (TPSA) is 37.3 Å². The average molecular weight is 236 g/mol. The van der Waals surface area contributed by atoms with Gasteiger partial charge in [-0.1, -0.05) is 25.1 Å². The van der Waals surface area contributed by atoms with Gasteiger partial charge in [-0.3, -0.25) is 4.79 Å². The monoisotopic (exact) mass is 236 g/mol. The van der Waals surface area contributed by atoms with E-state index in [0.717, 1.165) is 17.6 Å². The van der Waals surface area contributed by atoms with Gasteiger partial charge in [-0.25, -0.2) is 0 Å². The molecule has 2 nitrogen and oxygen atoms in total. The zero-order valence-corrected chi connectivity index (χ0v) is 10.4. The van der Waals surface area contributed by atoms with Crippen molar-refractivity contribution in [3.05, 3.63) is 35.9 Å². The number of benzene rings is 1. The molecule has 0 fully saturated rings. The second-order valence-electron chi connectivity index (χ2n) is 3.41. The van der Waals surface area contributed by atoms with E-state index < -0.39 is 5.97 Å². The molecule has 0 aromatic heterocycles. The first kappa shape index (κ1) is 12.8. The lowest BCUT2D eigenvalue weighted by atomic mass is 10.0. The molecule has 0 unspecified atom stereocenters. The summed E-state index contributed by atoms with van der Waals surface area (Å²) >= 11 is 1.70. The molecule has 86 valence electrons. The SMILES string of the molecule is CC/C(=C\CC(=O)O)c1ccc(SC)cc1. The number of rotatable bonds is 5. The minimum Gasteiger partial charge on any atom is -0.481 e. The summed E-state index contributed by atoms with van der Waals surface area (Å²) < 4.78 is 0. The molecule has 0 saturated heterocycles. The van der Waals surface area contributed by atoms with Gasteiger partial charge in [-0.15, -0.1) is 11.8 Å². The van der Waals surface area contributed by atoms with Crippen LogP contribution in [0.2, 0.25) is 0 Å². The van der Waals surface area contributed by atoms with Crippen LogP contribution in [0.3, 0.4) is 0 Å². The fraction of sp³-hybridized carbons (Fsp3) is 0.308. The van der Waals surface area contributed by atoms with Crippen LogP contribution in [0.25, 0.3) is 5.57 Å². The molecule has 0 atom stereocenters. The average Bonchev–Trinajstić information content (AvgIpc) is 2.30. The Bertz CT molecular complexity index is 379. The second kappa shape index (κ2) is 6.38. The summed E-state index contributed by atoms with van der Waals surface area (Å²) in [6.07, 6.45) is 4.77. The Labute approximate surface area is 100 Å². The molecule has 0 radical (unpaired) electrons. The predicted molar refractivity (Wildman–Crippen MR) is 68.7 cm³/mol. The minimum absolute atomic E-state index is 0.0907. The molecule has 1 N–H and O–H groups in total. The highest BCUT2D eigenvalue weighted by atomic mass is 32.2. The van der Waals surface area contributed by atoms with Crippen molar-refractivity contribution < 1.29 is 9.90 Å². The maximum absolute atomic E-state index is 10.5. The molecule has 0 spiro atoms. The number of carboxylic acids is 1. The quantitative estimate of drug-likeness (QED) is 0.792. The maximum atomic E-state index is 10.5. The molecule has 0 bridgehead atoms. The van der Waals surface area contributed by atoms with Crippen LogP contribution in [0.15, 0.2) is 35.2 Å². The Hall–Kier alpha value is -1.22. The van der Waals surface area contributed by atoms with Gasteiger partial charge in [-0.2, -0.15) is 0 Å². The molecule has 0 saturated carbocycles. The molecule has 1 aromatic carbocycles. The molecule has 1 rings (SSSR count). The normalized spacial score (nSPS) is 11.5. The van der Waals surface area contributed by atoms with Crippen LogP contribution in [0.4, 0.5) is 0 Å². The maximum Gasteiger partial charge on any atom is 0.307 e. The molecule has 0 heterocycles. The van der Waals surface area contributed by atoms with E-state index in [2.05, 4.69) is 12.1 Å². The number of hydrogen-bond donors (Lipinski definition) is 1. The van der Waals surface area contributed by atoms with Crippen LogP contribution in [-0.2, 0) is 4.79 Å². The Kier molecular flexibility index (Phi) is 5.12. The van der Waals surface area contributed by atoms with Gasteiger partial charge < -0.3 is 5.11 Å². The highest BCUT2D eigenvalue weighted by Crippen LogP contribution is 2.22. The minimum atomic E-state index is -0.785. The van der Waals surface area contributed by atoms with Crippen molar-refractivity contribution >= 4 is 23.3 Å². The number of hydrogen-bond acceptors (Lipinski definition) is 2. The first-order valence-corrected chi connectivity index (χ1v) is 6.45. The smallest absolute Gasteiger partial charge is 0.307 e. The number of thioether (sulfide) groups is 1. The van der Waals surface area contributed by atoms with Crippen molar-refractivity contribution in [3.8, 4) is 0 Å². The van der Waals surface area contributed by atoms with E-state index in [1.807, 2.05) is 25.3 Å². The molecule has 0 aliphatic rings. The van der Waals surface area contributed by atoms with E-state index in [-0.39, 0.29) is 6.42 Å². The van der Waals surface area contributed by atoms with Crippen molar-refractivity contribution in [1.82, 2.24) is 0 Å². The van der Waals surface area contributed by atoms with Gasteiger partial charge in [0.25, 0.3) is 0 Å². The third-order valence-corrected chi connectivity index (χ3v) is 3.11. The van der Waals surface area contributed by atoms with Crippen LogP contribution in [0.1, 0.15) is 25.3 Å². The summed E-state index contributed by atoms with van der Waals surface area (Å²) in [6.45, 7) is 2.04. The standard InChI is InChI=1S/C13H16O2S/c1-3-10(6-9-13(14)15)11-4-7-12(16-2)8-5-11/h4-8H,3,9H2,1-2H3,(H,14,15)/b10-6+. The summed E-state index contributed by atoms with van der Waals surface area (Å²) in [7, 11) is 0. The molecule has 0 aliphatic carbocycles. The summed E-state index contributed by atoms with van der Waals surface area (Å²) in [6, 6.07) is 8.21. The fourth-order valence-electron chi connectivity index (χ4n) is 1.48. The molecule has 0 aliphatic heterocycles. The lowest BCUT2D eigenvalue weighted by Crippen LogP contribution is -1.92. The third-order valence-electron chi connectivity index (χ3n) is 2.36. The molecule has 3 heteroatoms. The van der Waals surface area contributed by atoms with Crippen LogP contribution < -0.4 is 0 Å². The van der Waals surface area contributed by atoms with E-state index in [4.69, 9.17) is 5.11 Å². The van der Waals surface area contributed by atoms with Gasteiger partial charge in [-0.05, 0) is 35.9 Å². The van der Waals surface area contributed by atoms with Gasteiger partial charge in [0, 0.05) is 4.90 Å². The zero-order chi connectivity index (χ0) is 12.0. The fourth-order valence-corrected chi connectivity index (χ4v) is 1.89. The lowest BCUT2D eigenvalue weighted by molar-refractivity contribution is -0.135. The van der Waals surface area contributed by atoms with E-state index in [1.54, 1.807) is 17.8 Å². The van der Waals surface area contributed by atoms with Crippen molar-refractivity contribution in [1.29, 1.82) is 0 Å². The van der Waals surface area contributed by atoms with Crippen LogP contribution >= 0.6 is 11.8 Å². The third kappa shape index (κ3) is 3.74. The van der Waals surface area contributed by atoms with Crippen LogP contribution in [0.5, 0.6) is 0 Å². The number of aliphatic carboxylic acids is 1. The Morgan fingerprint density at radius 1 is 1.38 bits per heavy atom. The van der Waals surface area contributed by atoms with Crippen molar-refractivity contribution in [2.24, 2.45) is 0 Å². The first-order chi connectivity index (χ1) is 7.67. The lowest BCUT2D eigenvalue weighted by Gasteiger charge is -2.05. The van der Waals surface area contributed by atoms with E-state index in [9.17, 15) is 4.79 Å². The van der Waals surface area contributed by atoms with Crippen molar-refractivity contribution in [2.45, 2.75) is 24.7 Å². The van der Waals surface area contributed by atoms with E-state index in [1.165, 1.54) is 4.90 Å². The van der Waals surface area contributed by atoms with Gasteiger partial charge >= 0.3 is 5.97 Å². The van der Waals surface area contributed by atoms with Crippen molar-refractivity contribution in [3.63, 3.8) is 0 Å². The molecular formula is C13H16O2S. The molecular weight excluding hydrogens is 220 g/mol.